The molecule has 0 aromatic carbocycles. The molecule has 0 amide bonds. The second kappa shape index (κ2) is 18.2. The first-order chi connectivity index (χ1) is 19.9. The van der Waals surface area contributed by atoms with Crippen LogP contribution in [-0.2, 0) is 16.0 Å². The van der Waals surface area contributed by atoms with E-state index >= 15 is 0 Å². The van der Waals surface area contributed by atoms with Crippen molar-refractivity contribution in [3.05, 3.63) is 36.3 Å². The number of fused-ring (bicyclic) bond motifs is 1. The Balaban J connectivity index is 1.27. The fourth-order valence-corrected chi connectivity index (χ4v) is 8.49. The standard InChI is InChI=1S/C38H64O3/c1-5-6-7-8-9-10-11-12-13-14-15-16-17-18-19-21-36(39)41-31-37(3)27-20-28-38(4)34(32(2)22-25-35(37)38)24-23-33-26-29-40-30-33/h26,29-30,34-35H,2,5-25,27-28,31H2,1,3-4H3. The molecule has 0 radical (unpaired) electrons. The first kappa shape index (κ1) is 34.0. The highest BCUT2D eigenvalue weighted by atomic mass is 16.5. The average Bonchev–Trinajstić information content (AvgIpc) is 3.47. The summed E-state index contributed by atoms with van der Waals surface area (Å²) >= 11 is 0. The molecule has 4 unspecified atom stereocenters. The summed E-state index contributed by atoms with van der Waals surface area (Å²) in [5.41, 5.74) is 3.04. The number of ether oxygens (including phenoxy) is 1. The van der Waals surface area contributed by atoms with Crippen molar-refractivity contribution in [1.29, 1.82) is 0 Å². The summed E-state index contributed by atoms with van der Waals surface area (Å²) in [5, 5.41) is 0. The van der Waals surface area contributed by atoms with Gasteiger partial charge in [-0.15, -0.1) is 0 Å². The van der Waals surface area contributed by atoms with E-state index < -0.39 is 0 Å². The number of hydrogen-bond donors (Lipinski definition) is 0. The van der Waals surface area contributed by atoms with E-state index in [1.54, 1.807) is 6.26 Å². The minimum Gasteiger partial charge on any atom is -0.472 e. The Bertz CT molecular complexity index is 857. The predicted molar refractivity (Wildman–Crippen MR) is 173 cm³/mol. The van der Waals surface area contributed by atoms with Gasteiger partial charge in [-0.25, -0.2) is 0 Å². The van der Waals surface area contributed by atoms with Crippen molar-refractivity contribution >= 4 is 5.97 Å². The van der Waals surface area contributed by atoms with E-state index in [0.717, 1.165) is 32.1 Å². The zero-order valence-electron chi connectivity index (χ0n) is 27.3. The zero-order valence-corrected chi connectivity index (χ0v) is 27.3. The number of hydrogen-bond acceptors (Lipinski definition) is 3. The average molecular weight is 569 g/mol. The largest absolute Gasteiger partial charge is 0.472 e. The Labute approximate surface area is 253 Å². The molecule has 0 N–H and O–H groups in total. The lowest BCUT2D eigenvalue weighted by molar-refractivity contribution is -0.155. The SMILES string of the molecule is C=C1CCC2C(C)(COC(=O)CCCCCCCCCCCCCCCCC)CCCC2(C)C1CCc1ccoc1. The number of allylic oxidation sites excluding steroid dienone is 1. The van der Waals surface area contributed by atoms with Crippen LogP contribution in [0, 0.1) is 22.7 Å². The molecule has 3 heteroatoms. The van der Waals surface area contributed by atoms with Crippen molar-refractivity contribution in [2.24, 2.45) is 22.7 Å². The van der Waals surface area contributed by atoms with Crippen molar-refractivity contribution in [2.75, 3.05) is 6.61 Å². The number of esters is 1. The maximum atomic E-state index is 12.7. The van der Waals surface area contributed by atoms with Gasteiger partial charge in [-0.2, -0.15) is 0 Å². The van der Waals surface area contributed by atoms with Crippen molar-refractivity contribution in [3.63, 3.8) is 0 Å². The summed E-state index contributed by atoms with van der Waals surface area (Å²) in [6.07, 6.45) is 32.6. The topological polar surface area (TPSA) is 39.4 Å². The molecule has 41 heavy (non-hydrogen) atoms. The minimum atomic E-state index is 0.0184. The molecule has 0 aliphatic heterocycles. The molecule has 3 rings (SSSR count). The predicted octanol–water partition coefficient (Wildman–Crippen LogP) is 11.8. The molecule has 1 heterocycles. The van der Waals surface area contributed by atoms with Gasteiger partial charge in [0, 0.05) is 11.8 Å². The highest BCUT2D eigenvalue weighted by Gasteiger charge is 2.54. The molecule has 2 aliphatic rings. The van der Waals surface area contributed by atoms with Crippen molar-refractivity contribution < 1.29 is 13.9 Å². The fraction of sp³-hybridized carbons (Fsp3) is 0.816. The van der Waals surface area contributed by atoms with Crippen LogP contribution in [0.15, 0.2) is 35.2 Å². The van der Waals surface area contributed by atoms with E-state index in [9.17, 15) is 4.79 Å². The van der Waals surface area contributed by atoms with Gasteiger partial charge in [-0.3, -0.25) is 4.79 Å². The van der Waals surface area contributed by atoms with Gasteiger partial charge in [0.2, 0.25) is 0 Å². The third-order valence-electron chi connectivity index (χ3n) is 11.0. The smallest absolute Gasteiger partial charge is 0.305 e. The number of furan rings is 1. The minimum absolute atomic E-state index is 0.0184. The van der Waals surface area contributed by atoms with Gasteiger partial charge < -0.3 is 9.15 Å². The lowest BCUT2D eigenvalue weighted by Crippen LogP contribution is -2.52. The first-order valence-corrected chi connectivity index (χ1v) is 17.7. The Morgan fingerprint density at radius 1 is 0.927 bits per heavy atom. The quantitative estimate of drug-likeness (QED) is 0.0841. The van der Waals surface area contributed by atoms with Gasteiger partial charge in [-0.05, 0) is 73.8 Å². The van der Waals surface area contributed by atoms with E-state index in [1.165, 1.54) is 120 Å². The Morgan fingerprint density at radius 3 is 2.12 bits per heavy atom. The monoisotopic (exact) mass is 568 g/mol. The summed E-state index contributed by atoms with van der Waals surface area (Å²) < 4.78 is 11.3. The van der Waals surface area contributed by atoms with Gasteiger partial charge in [-0.1, -0.05) is 129 Å². The van der Waals surface area contributed by atoms with E-state index in [2.05, 4.69) is 33.4 Å². The molecule has 2 saturated carbocycles. The molecule has 2 aliphatic carbocycles. The summed E-state index contributed by atoms with van der Waals surface area (Å²) in [6, 6.07) is 2.09. The lowest BCUT2D eigenvalue weighted by atomic mass is 9.47. The van der Waals surface area contributed by atoms with Gasteiger partial charge in [0.15, 0.2) is 0 Å². The van der Waals surface area contributed by atoms with Crippen molar-refractivity contribution in [3.8, 4) is 0 Å². The third-order valence-corrected chi connectivity index (χ3v) is 11.0. The molecule has 0 bridgehead atoms. The van der Waals surface area contributed by atoms with E-state index in [-0.39, 0.29) is 16.8 Å². The maximum absolute atomic E-state index is 12.7. The second-order valence-electron chi connectivity index (χ2n) is 14.3. The van der Waals surface area contributed by atoms with Gasteiger partial charge in [0.25, 0.3) is 0 Å². The number of carbonyl (C=O) groups excluding carboxylic acids is 1. The van der Waals surface area contributed by atoms with Crippen LogP contribution in [0.2, 0.25) is 0 Å². The van der Waals surface area contributed by atoms with Gasteiger partial charge in [0.1, 0.15) is 0 Å². The molecule has 0 saturated heterocycles. The summed E-state index contributed by atoms with van der Waals surface area (Å²) in [7, 11) is 0. The summed E-state index contributed by atoms with van der Waals surface area (Å²) in [5.74, 6) is 1.14. The molecule has 0 spiro atoms. The molecule has 234 valence electrons. The van der Waals surface area contributed by atoms with Crippen LogP contribution in [0.4, 0.5) is 0 Å². The molecular weight excluding hydrogens is 504 g/mol. The molecule has 1 aromatic heterocycles. The maximum Gasteiger partial charge on any atom is 0.305 e. The van der Waals surface area contributed by atoms with E-state index in [4.69, 9.17) is 9.15 Å². The van der Waals surface area contributed by atoms with Crippen LogP contribution in [-0.4, -0.2) is 12.6 Å². The van der Waals surface area contributed by atoms with E-state index in [1.807, 2.05) is 6.26 Å². The Morgan fingerprint density at radius 2 is 1.54 bits per heavy atom. The number of carbonyl (C=O) groups is 1. The highest BCUT2D eigenvalue weighted by molar-refractivity contribution is 5.69. The normalized spacial score (nSPS) is 26.2. The second-order valence-corrected chi connectivity index (χ2v) is 14.3. The van der Waals surface area contributed by atoms with Crippen LogP contribution in [0.1, 0.15) is 168 Å². The third kappa shape index (κ3) is 10.9. The summed E-state index contributed by atoms with van der Waals surface area (Å²) in [6.45, 7) is 12.3. The van der Waals surface area contributed by atoms with Crippen molar-refractivity contribution in [2.45, 2.75) is 168 Å². The van der Waals surface area contributed by atoms with Gasteiger partial charge in [0.05, 0.1) is 19.1 Å². The van der Waals surface area contributed by atoms with Crippen LogP contribution < -0.4 is 0 Å². The molecule has 1 aromatic rings. The van der Waals surface area contributed by atoms with Crippen LogP contribution in [0.5, 0.6) is 0 Å². The molecular formula is C38H64O3. The Kier molecular flexibility index (Phi) is 15.1. The molecule has 4 atom stereocenters. The van der Waals surface area contributed by atoms with E-state index in [0.29, 0.717) is 24.9 Å². The van der Waals surface area contributed by atoms with Crippen LogP contribution in [0.25, 0.3) is 0 Å². The number of aryl methyl sites for hydroxylation is 1. The molecule has 3 nitrogen and oxygen atoms in total. The molecule has 2 fully saturated rings. The highest BCUT2D eigenvalue weighted by Crippen LogP contribution is 2.62. The zero-order chi connectivity index (χ0) is 29.4. The fourth-order valence-electron chi connectivity index (χ4n) is 8.49. The van der Waals surface area contributed by atoms with Crippen molar-refractivity contribution in [1.82, 2.24) is 0 Å². The van der Waals surface area contributed by atoms with Crippen LogP contribution in [0.3, 0.4) is 0 Å². The number of unbranched alkanes of at least 4 members (excludes halogenated alkanes) is 14. The lowest BCUT2D eigenvalue weighted by Gasteiger charge is -2.58. The van der Waals surface area contributed by atoms with Gasteiger partial charge >= 0.3 is 5.97 Å². The van der Waals surface area contributed by atoms with Crippen LogP contribution >= 0.6 is 0 Å². The summed E-state index contributed by atoms with van der Waals surface area (Å²) in [4.78, 5) is 12.7. The first-order valence-electron chi connectivity index (χ1n) is 17.7. The Hall–Kier alpha value is -1.51. The number of rotatable bonds is 21.